The van der Waals surface area contributed by atoms with E-state index in [4.69, 9.17) is 9.47 Å². The van der Waals surface area contributed by atoms with Gasteiger partial charge >= 0.3 is 0 Å². The molecule has 206 valence electrons. The second-order valence-electron chi connectivity index (χ2n) is 10.0. The minimum atomic E-state index is -0.376. The monoisotopic (exact) mass is 532 g/mol. The van der Waals surface area contributed by atoms with Gasteiger partial charge < -0.3 is 24.8 Å². The number of likely N-dealkylation sites (N-methyl/N-ethyl adjacent to an activating group) is 1. The molecule has 0 bridgehead atoms. The maximum atomic E-state index is 13.7. The van der Waals surface area contributed by atoms with E-state index in [1.165, 1.54) is 0 Å². The summed E-state index contributed by atoms with van der Waals surface area (Å²) >= 11 is 0. The van der Waals surface area contributed by atoms with Crippen molar-refractivity contribution in [2.24, 2.45) is 5.92 Å². The molecule has 0 unspecified atom stereocenters. The molecule has 1 aliphatic heterocycles. The Hall–Kier alpha value is -3.95. The van der Waals surface area contributed by atoms with E-state index in [1.807, 2.05) is 45.2 Å². The summed E-state index contributed by atoms with van der Waals surface area (Å²) in [6.07, 6.45) is 2.80. The maximum absolute atomic E-state index is 13.7. The highest BCUT2D eigenvalue weighted by Gasteiger charge is 2.34. The smallest absolute Gasteiger partial charge is 0.258 e. The molecule has 2 N–H and O–H groups in total. The van der Waals surface area contributed by atoms with Crippen LogP contribution in [0.25, 0.3) is 0 Å². The van der Waals surface area contributed by atoms with Crippen molar-refractivity contribution in [2.75, 3.05) is 39.2 Å². The summed E-state index contributed by atoms with van der Waals surface area (Å²) < 4.78 is 11.9. The lowest BCUT2D eigenvalue weighted by Gasteiger charge is -2.38. The van der Waals surface area contributed by atoms with Crippen LogP contribution >= 0.6 is 0 Å². The van der Waals surface area contributed by atoms with Crippen molar-refractivity contribution in [2.45, 2.75) is 32.5 Å². The molecule has 39 heavy (non-hydrogen) atoms. The Morgan fingerprint density at radius 2 is 1.92 bits per heavy atom. The molecule has 1 aliphatic rings. The third-order valence-electron chi connectivity index (χ3n) is 6.99. The molecular weight excluding hydrogens is 496 g/mol. The highest BCUT2D eigenvalue weighted by Crippen LogP contribution is 2.35. The number of carbonyl (C=O) groups is 2. The Balaban J connectivity index is 1.64. The number of aromatic nitrogens is 1. The first-order chi connectivity index (χ1) is 18.8. The molecule has 2 heterocycles. The zero-order valence-corrected chi connectivity index (χ0v) is 22.8. The molecule has 0 fully saturated rings. The maximum Gasteiger partial charge on any atom is 0.258 e. The summed E-state index contributed by atoms with van der Waals surface area (Å²) in [7, 11) is 3.67. The van der Waals surface area contributed by atoms with E-state index in [-0.39, 0.29) is 36.5 Å². The first-order valence-electron chi connectivity index (χ1n) is 13.0. The van der Waals surface area contributed by atoms with Gasteiger partial charge in [0.05, 0.1) is 31.0 Å². The third kappa shape index (κ3) is 6.74. The number of para-hydroxylation sites is 1. The van der Waals surface area contributed by atoms with Crippen LogP contribution in [0.3, 0.4) is 0 Å². The summed E-state index contributed by atoms with van der Waals surface area (Å²) in [5, 5.41) is 12.8. The van der Waals surface area contributed by atoms with E-state index in [1.54, 1.807) is 54.7 Å². The number of rotatable bonds is 9. The third-order valence-corrected chi connectivity index (χ3v) is 6.99. The van der Waals surface area contributed by atoms with E-state index >= 15 is 0 Å². The van der Waals surface area contributed by atoms with Crippen LogP contribution in [0, 0.1) is 5.92 Å². The highest BCUT2D eigenvalue weighted by molar-refractivity contribution is 6.07. The Morgan fingerprint density at radius 1 is 1.21 bits per heavy atom. The molecule has 0 saturated carbocycles. The van der Waals surface area contributed by atoms with Gasteiger partial charge in [-0.15, -0.1) is 0 Å². The average Bonchev–Trinajstić information content (AvgIpc) is 2.95. The summed E-state index contributed by atoms with van der Waals surface area (Å²) in [6, 6.07) is 16.0. The van der Waals surface area contributed by atoms with Crippen molar-refractivity contribution in [1.29, 1.82) is 0 Å². The van der Waals surface area contributed by atoms with Crippen molar-refractivity contribution >= 4 is 17.5 Å². The molecule has 9 nitrogen and oxygen atoms in total. The number of amides is 2. The number of hydrogen-bond acceptors (Lipinski definition) is 7. The zero-order valence-electron chi connectivity index (χ0n) is 22.8. The summed E-state index contributed by atoms with van der Waals surface area (Å²) in [5.74, 6) is 0.501. The molecule has 1 aromatic heterocycles. The van der Waals surface area contributed by atoms with Crippen LogP contribution in [0.15, 0.2) is 67.0 Å². The number of nitrogens with zero attached hydrogens (tertiary/aromatic N) is 3. The highest BCUT2D eigenvalue weighted by atomic mass is 16.5. The summed E-state index contributed by atoms with van der Waals surface area (Å²) in [5.41, 5.74) is 2.33. The van der Waals surface area contributed by atoms with Gasteiger partial charge in [0.15, 0.2) is 5.75 Å². The lowest BCUT2D eigenvalue weighted by molar-refractivity contribution is 0.0343. The van der Waals surface area contributed by atoms with Crippen molar-refractivity contribution in [3.8, 4) is 11.5 Å². The number of fused-ring (bicyclic) bond motifs is 1. The molecule has 4 rings (SSSR count). The first-order valence-corrected chi connectivity index (χ1v) is 13.0. The Labute approximate surface area is 229 Å². The standard InChI is InChI=1S/C30H36N4O5/c1-20-16-34(21(2)19-35)30(37)25-6-5-7-26(32-29(36)23-12-14-31-15-13-23)28(25)39-27(20)18-33(3)17-22-8-10-24(38-4)11-9-22/h5-15,20-21,27,35H,16-19H2,1-4H3,(H,32,36)/t20-,21+,27+/m0/s1. The minimum Gasteiger partial charge on any atom is -0.497 e. The average molecular weight is 533 g/mol. The quantitative estimate of drug-likeness (QED) is 0.433. The molecule has 3 aromatic rings. The molecular formula is C30H36N4O5. The zero-order chi connectivity index (χ0) is 27.9. The lowest BCUT2D eigenvalue weighted by Crippen LogP contribution is -2.49. The fraction of sp³-hybridized carbons (Fsp3) is 0.367. The fourth-order valence-corrected chi connectivity index (χ4v) is 4.67. The number of ether oxygens (including phenoxy) is 2. The number of aliphatic hydroxyl groups is 1. The van der Waals surface area contributed by atoms with Gasteiger partial charge in [-0.3, -0.25) is 19.5 Å². The molecule has 3 atom stereocenters. The molecule has 2 aromatic carbocycles. The van der Waals surface area contributed by atoms with E-state index < -0.39 is 0 Å². The second kappa shape index (κ2) is 12.7. The van der Waals surface area contributed by atoms with Gasteiger partial charge in [-0.2, -0.15) is 0 Å². The van der Waals surface area contributed by atoms with Crippen LogP contribution in [0.2, 0.25) is 0 Å². The predicted molar refractivity (Wildman–Crippen MR) is 149 cm³/mol. The molecule has 0 spiro atoms. The van der Waals surface area contributed by atoms with Gasteiger partial charge in [-0.05, 0) is 55.9 Å². The Kier molecular flexibility index (Phi) is 9.16. The number of benzene rings is 2. The van der Waals surface area contributed by atoms with Crippen LogP contribution in [0.4, 0.5) is 5.69 Å². The van der Waals surface area contributed by atoms with Gasteiger partial charge in [0, 0.05) is 43.5 Å². The predicted octanol–water partition coefficient (Wildman–Crippen LogP) is 3.69. The Morgan fingerprint density at radius 3 is 2.59 bits per heavy atom. The largest absolute Gasteiger partial charge is 0.497 e. The van der Waals surface area contributed by atoms with Crippen LogP contribution in [0.1, 0.15) is 40.1 Å². The fourth-order valence-electron chi connectivity index (χ4n) is 4.67. The number of hydrogen-bond donors (Lipinski definition) is 2. The van der Waals surface area contributed by atoms with Gasteiger partial charge in [-0.1, -0.05) is 25.1 Å². The van der Waals surface area contributed by atoms with E-state index in [9.17, 15) is 14.7 Å². The van der Waals surface area contributed by atoms with Gasteiger partial charge in [0.25, 0.3) is 11.8 Å². The number of aliphatic hydroxyl groups excluding tert-OH is 1. The van der Waals surface area contributed by atoms with Crippen molar-refractivity contribution in [3.05, 3.63) is 83.7 Å². The Bertz CT molecular complexity index is 1270. The molecule has 0 radical (unpaired) electrons. The van der Waals surface area contributed by atoms with E-state index in [0.717, 1.165) is 11.3 Å². The van der Waals surface area contributed by atoms with Crippen LogP contribution in [-0.4, -0.2) is 77.7 Å². The number of anilines is 1. The number of methoxy groups -OCH3 is 1. The van der Waals surface area contributed by atoms with E-state index in [2.05, 4.69) is 15.2 Å². The van der Waals surface area contributed by atoms with Crippen molar-refractivity contribution < 1.29 is 24.2 Å². The molecule has 9 heteroatoms. The molecule has 0 aliphatic carbocycles. The van der Waals surface area contributed by atoms with Crippen molar-refractivity contribution in [1.82, 2.24) is 14.8 Å². The van der Waals surface area contributed by atoms with Gasteiger partial charge in [-0.25, -0.2) is 0 Å². The minimum absolute atomic E-state index is 0.0571. The number of nitrogens with one attached hydrogen (secondary N) is 1. The first kappa shape index (κ1) is 28.1. The lowest BCUT2D eigenvalue weighted by atomic mass is 9.98. The summed E-state index contributed by atoms with van der Waals surface area (Å²) in [4.78, 5) is 34.5. The normalized spacial score (nSPS) is 18.0. The second-order valence-corrected chi connectivity index (χ2v) is 10.0. The molecule has 2 amide bonds. The van der Waals surface area contributed by atoms with Crippen LogP contribution in [0.5, 0.6) is 11.5 Å². The van der Waals surface area contributed by atoms with Crippen molar-refractivity contribution in [3.63, 3.8) is 0 Å². The van der Waals surface area contributed by atoms with E-state index in [0.29, 0.717) is 42.2 Å². The number of pyridine rings is 1. The summed E-state index contributed by atoms with van der Waals surface area (Å²) in [6.45, 7) is 5.41. The van der Waals surface area contributed by atoms with Crippen LogP contribution in [-0.2, 0) is 6.54 Å². The SMILES string of the molecule is COc1ccc(CN(C)C[C@H]2Oc3c(NC(=O)c4ccncc4)cccc3C(=O)N([C@H](C)CO)C[C@@H]2C)cc1. The van der Waals surface area contributed by atoms with Gasteiger partial charge in [0.2, 0.25) is 0 Å². The topological polar surface area (TPSA) is 104 Å². The number of carbonyl (C=O) groups excluding carboxylic acids is 2. The van der Waals surface area contributed by atoms with Gasteiger partial charge in [0.1, 0.15) is 11.9 Å². The molecule has 0 saturated heterocycles. The van der Waals surface area contributed by atoms with Crippen LogP contribution < -0.4 is 14.8 Å².